The van der Waals surface area contributed by atoms with Crippen molar-refractivity contribution in [2.75, 3.05) is 31.5 Å². The average molecular weight is 608 g/mol. The van der Waals surface area contributed by atoms with Gasteiger partial charge in [-0.1, -0.05) is 31.2 Å². The van der Waals surface area contributed by atoms with Crippen LogP contribution in [0.15, 0.2) is 75.1 Å². The van der Waals surface area contributed by atoms with Gasteiger partial charge >= 0.3 is 0 Å². The Morgan fingerprint density at radius 3 is 2.50 bits per heavy atom. The summed E-state index contributed by atoms with van der Waals surface area (Å²) in [4.78, 5) is 15.1. The maximum Gasteiger partial charge on any atom is 0.271 e. The third-order valence-electron chi connectivity index (χ3n) is 6.82. The van der Waals surface area contributed by atoms with Gasteiger partial charge in [0.2, 0.25) is 15.9 Å². The number of carbonyl (C=O) groups excluding carboxylic acids is 1. The number of thiophene rings is 1. The molecule has 0 radical (unpaired) electrons. The molecular formula is C27H33N3O7S3. The zero-order chi connectivity index (χ0) is 29.1. The van der Waals surface area contributed by atoms with E-state index in [1.165, 1.54) is 29.6 Å². The van der Waals surface area contributed by atoms with E-state index in [0.717, 1.165) is 11.3 Å². The molecule has 2 aromatic carbocycles. The van der Waals surface area contributed by atoms with Crippen molar-refractivity contribution >= 4 is 43.0 Å². The first kappa shape index (κ1) is 30.0. The van der Waals surface area contributed by atoms with Gasteiger partial charge in [-0.2, -0.15) is 4.31 Å². The SMILES string of the molecule is C[C@@H]1CN([C@H](C)CO)C(=O)Cc2cc(NS(=O)(=O)c3cccs3)ccc2O[C@H]1CN(C)S(=O)(=O)c1ccccc1. The molecule has 216 valence electrons. The second-order valence-corrected chi connectivity index (χ2v) is 14.7. The number of likely N-dealkylation sites (N-methyl/N-ethyl adjacent to an activating group) is 1. The minimum absolute atomic E-state index is 0.000128. The normalized spacial score (nSPS) is 19.2. The van der Waals surface area contributed by atoms with E-state index in [1.54, 1.807) is 59.7 Å². The highest BCUT2D eigenvalue weighted by molar-refractivity contribution is 7.94. The molecule has 0 bridgehead atoms. The third-order valence-corrected chi connectivity index (χ3v) is 11.4. The number of hydrogen-bond acceptors (Lipinski definition) is 8. The molecule has 2 heterocycles. The van der Waals surface area contributed by atoms with Crippen LogP contribution in [-0.4, -0.2) is 75.9 Å². The van der Waals surface area contributed by atoms with Crippen molar-refractivity contribution in [3.8, 4) is 5.75 Å². The molecule has 1 aliphatic rings. The average Bonchev–Trinajstić information content (AvgIpc) is 3.49. The molecule has 0 aliphatic carbocycles. The van der Waals surface area contributed by atoms with Gasteiger partial charge in [-0.3, -0.25) is 9.52 Å². The van der Waals surface area contributed by atoms with Crippen LogP contribution in [-0.2, 0) is 31.3 Å². The van der Waals surface area contributed by atoms with E-state index >= 15 is 0 Å². The monoisotopic (exact) mass is 607 g/mol. The number of nitrogens with zero attached hydrogens (tertiary/aromatic N) is 2. The minimum Gasteiger partial charge on any atom is -0.488 e. The number of fused-ring (bicyclic) bond motifs is 1. The lowest BCUT2D eigenvalue weighted by molar-refractivity contribution is -0.134. The van der Waals surface area contributed by atoms with Gasteiger partial charge < -0.3 is 14.7 Å². The van der Waals surface area contributed by atoms with Crippen molar-refractivity contribution in [2.24, 2.45) is 5.92 Å². The van der Waals surface area contributed by atoms with Crippen LogP contribution in [0.5, 0.6) is 5.75 Å². The number of carbonyl (C=O) groups is 1. The zero-order valence-corrected chi connectivity index (χ0v) is 24.9. The third kappa shape index (κ3) is 6.66. The lowest BCUT2D eigenvalue weighted by Crippen LogP contribution is -2.48. The van der Waals surface area contributed by atoms with Crippen molar-refractivity contribution in [1.82, 2.24) is 9.21 Å². The van der Waals surface area contributed by atoms with E-state index in [-0.39, 0.29) is 52.7 Å². The summed E-state index contributed by atoms with van der Waals surface area (Å²) in [6, 6.07) is 15.4. The Morgan fingerprint density at radius 2 is 1.85 bits per heavy atom. The fourth-order valence-corrected chi connectivity index (χ4v) is 7.70. The topological polar surface area (TPSA) is 133 Å². The standard InChI is InChI=1S/C27H33N3O7S3/c1-19-16-30(20(2)18-31)26(32)15-21-14-22(28-39(33,34)27-10-7-13-38-27)11-12-24(21)37-25(19)17-29(3)40(35,36)23-8-5-4-6-9-23/h4-14,19-20,25,28,31H,15-18H2,1-3H3/t19-,20-,25+/m1/s1. The van der Waals surface area contributed by atoms with Crippen LogP contribution >= 0.6 is 11.3 Å². The molecule has 0 fully saturated rings. The van der Waals surface area contributed by atoms with Crippen LogP contribution in [0.1, 0.15) is 19.4 Å². The molecule has 0 saturated heterocycles. The summed E-state index contributed by atoms with van der Waals surface area (Å²) >= 11 is 1.09. The van der Waals surface area contributed by atoms with E-state index in [9.17, 15) is 26.7 Å². The van der Waals surface area contributed by atoms with Crippen molar-refractivity contribution in [3.05, 3.63) is 71.6 Å². The molecule has 1 aliphatic heterocycles. The van der Waals surface area contributed by atoms with E-state index < -0.39 is 32.2 Å². The fourth-order valence-electron chi connectivity index (χ4n) is 4.46. The quantitative estimate of drug-likeness (QED) is 0.382. The van der Waals surface area contributed by atoms with Gasteiger partial charge in [-0.05, 0) is 48.7 Å². The molecule has 2 N–H and O–H groups in total. The Morgan fingerprint density at radius 1 is 1.12 bits per heavy atom. The summed E-state index contributed by atoms with van der Waals surface area (Å²) in [6.45, 7) is 3.58. The number of sulfonamides is 2. The summed E-state index contributed by atoms with van der Waals surface area (Å²) < 4.78 is 62.3. The number of aliphatic hydroxyl groups excluding tert-OH is 1. The summed E-state index contributed by atoms with van der Waals surface area (Å²) in [5, 5.41) is 11.5. The molecule has 1 aromatic heterocycles. The molecule has 3 atom stereocenters. The van der Waals surface area contributed by atoms with Gasteiger partial charge in [0, 0.05) is 30.8 Å². The molecular weight excluding hydrogens is 575 g/mol. The summed E-state index contributed by atoms with van der Waals surface area (Å²) in [6.07, 6.45) is -0.749. The zero-order valence-electron chi connectivity index (χ0n) is 22.4. The number of hydrogen-bond donors (Lipinski definition) is 2. The Hall–Kier alpha value is -2.97. The molecule has 13 heteroatoms. The number of amides is 1. The van der Waals surface area contributed by atoms with Crippen LogP contribution in [0.25, 0.3) is 0 Å². The van der Waals surface area contributed by atoms with Gasteiger partial charge in [-0.25, -0.2) is 16.8 Å². The Bertz CT molecular complexity index is 1530. The Kier molecular flexibility index (Phi) is 9.20. The van der Waals surface area contributed by atoms with Gasteiger partial charge in [0.1, 0.15) is 16.1 Å². The highest BCUT2D eigenvalue weighted by Crippen LogP contribution is 2.31. The predicted octanol–water partition coefficient (Wildman–Crippen LogP) is 3.02. The molecule has 1 amide bonds. The first-order valence-corrected chi connectivity index (χ1v) is 16.5. The Balaban J connectivity index is 1.68. The predicted molar refractivity (Wildman–Crippen MR) is 153 cm³/mol. The number of ether oxygens (including phenoxy) is 1. The smallest absolute Gasteiger partial charge is 0.271 e. The molecule has 0 spiro atoms. The number of nitrogens with one attached hydrogen (secondary N) is 1. The second kappa shape index (κ2) is 12.3. The first-order valence-electron chi connectivity index (χ1n) is 12.7. The van der Waals surface area contributed by atoms with E-state index in [4.69, 9.17) is 4.74 Å². The van der Waals surface area contributed by atoms with Crippen LogP contribution in [0.4, 0.5) is 5.69 Å². The van der Waals surface area contributed by atoms with Crippen molar-refractivity contribution < 1.29 is 31.5 Å². The number of rotatable bonds is 9. The van der Waals surface area contributed by atoms with Crippen molar-refractivity contribution in [2.45, 2.75) is 41.5 Å². The minimum atomic E-state index is -3.81. The van der Waals surface area contributed by atoms with E-state index in [2.05, 4.69) is 4.72 Å². The molecule has 40 heavy (non-hydrogen) atoms. The molecule has 4 rings (SSSR count). The fraction of sp³-hybridized carbons (Fsp3) is 0.370. The van der Waals surface area contributed by atoms with Gasteiger partial charge in [-0.15, -0.1) is 11.3 Å². The van der Waals surface area contributed by atoms with Crippen LogP contribution in [0, 0.1) is 5.92 Å². The van der Waals surface area contributed by atoms with Crippen LogP contribution in [0.3, 0.4) is 0 Å². The van der Waals surface area contributed by atoms with Gasteiger partial charge in [0.05, 0.1) is 30.5 Å². The largest absolute Gasteiger partial charge is 0.488 e. The molecule has 0 saturated carbocycles. The van der Waals surface area contributed by atoms with Crippen molar-refractivity contribution in [1.29, 1.82) is 0 Å². The lowest BCUT2D eigenvalue weighted by atomic mass is 10.0. The highest BCUT2D eigenvalue weighted by Gasteiger charge is 2.33. The van der Waals surface area contributed by atoms with E-state index in [0.29, 0.717) is 11.3 Å². The summed E-state index contributed by atoms with van der Waals surface area (Å²) in [5.41, 5.74) is 0.706. The molecule has 0 unspecified atom stereocenters. The Labute approximate surface area is 239 Å². The summed E-state index contributed by atoms with van der Waals surface area (Å²) in [5.74, 6) is -0.218. The number of anilines is 1. The van der Waals surface area contributed by atoms with Crippen LogP contribution in [0.2, 0.25) is 0 Å². The number of aliphatic hydroxyl groups is 1. The summed E-state index contributed by atoms with van der Waals surface area (Å²) in [7, 11) is -6.14. The highest BCUT2D eigenvalue weighted by atomic mass is 32.2. The maximum absolute atomic E-state index is 13.4. The number of benzene rings is 2. The van der Waals surface area contributed by atoms with Crippen molar-refractivity contribution in [3.63, 3.8) is 0 Å². The lowest BCUT2D eigenvalue weighted by Gasteiger charge is -2.33. The van der Waals surface area contributed by atoms with Gasteiger partial charge in [0.15, 0.2) is 0 Å². The van der Waals surface area contributed by atoms with Crippen LogP contribution < -0.4 is 9.46 Å². The molecule has 10 nitrogen and oxygen atoms in total. The maximum atomic E-state index is 13.4. The molecule has 3 aromatic rings. The van der Waals surface area contributed by atoms with E-state index in [1.807, 2.05) is 6.92 Å². The first-order chi connectivity index (χ1) is 18.9. The second-order valence-electron chi connectivity index (χ2n) is 9.85. The van der Waals surface area contributed by atoms with Gasteiger partial charge in [0.25, 0.3) is 10.0 Å².